The first-order chi connectivity index (χ1) is 12.8. The quantitative estimate of drug-likeness (QED) is 0.304. The second-order valence-electron chi connectivity index (χ2n) is 5.54. The van der Waals surface area contributed by atoms with Crippen LogP contribution in [-0.4, -0.2) is 69.5 Å². The highest BCUT2D eigenvalue weighted by molar-refractivity contribution is 6.45. The topological polar surface area (TPSA) is 131 Å². The van der Waals surface area contributed by atoms with Gasteiger partial charge >= 0.3 is 23.8 Å². The second kappa shape index (κ2) is 7.81. The summed E-state index contributed by atoms with van der Waals surface area (Å²) in [7, 11) is 1.19. The van der Waals surface area contributed by atoms with E-state index in [9.17, 15) is 24.0 Å². The Morgan fingerprint density at radius 3 is 2.41 bits per heavy atom. The largest absolute Gasteiger partial charge is 0.464 e. The van der Waals surface area contributed by atoms with E-state index in [2.05, 4.69) is 17.0 Å². The summed E-state index contributed by atoms with van der Waals surface area (Å²) in [6, 6.07) is -0.908. The summed E-state index contributed by atoms with van der Waals surface area (Å²) in [5, 5.41) is 6.60. The number of nitrogens with zero attached hydrogens (tertiary/aromatic N) is 4. The molecule has 0 aliphatic carbocycles. The molecule has 27 heavy (non-hydrogen) atoms. The molecule has 11 nitrogen and oxygen atoms in total. The molecule has 1 aliphatic rings. The highest BCUT2D eigenvalue weighted by Gasteiger charge is 2.44. The Labute approximate surface area is 154 Å². The number of ether oxygens (including phenoxy) is 1. The number of amides is 5. The molecule has 0 bridgehead atoms. The van der Waals surface area contributed by atoms with Crippen molar-refractivity contribution in [2.75, 3.05) is 25.5 Å². The van der Waals surface area contributed by atoms with E-state index in [1.165, 1.54) is 17.9 Å². The molecule has 0 spiro atoms. The summed E-state index contributed by atoms with van der Waals surface area (Å²) in [5.74, 6) is -3.61. The number of carbonyl (C=O) groups is 5. The first kappa shape index (κ1) is 19.8. The number of urea groups is 1. The molecule has 1 aromatic rings. The molecule has 5 amide bonds. The zero-order valence-electron chi connectivity index (χ0n) is 15.1. The van der Waals surface area contributed by atoms with Gasteiger partial charge in [0.05, 0.1) is 18.5 Å². The van der Waals surface area contributed by atoms with Gasteiger partial charge in [-0.15, -0.1) is 6.58 Å². The van der Waals surface area contributed by atoms with E-state index >= 15 is 0 Å². The molecule has 1 saturated heterocycles. The Bertz CT molecular complexity index is 843. The van der Waals surface area contributed by atoms with Crippen molar-refractivity contribution in [3.05, 3.63) is 24.0 Å². The number of anilines is 1. The Morgan fingerprint density at radius 1 is 1.22 bits per heavy atom. The molecule has 0 atom stereocenters. The SMILES string of the molecule is C=CCN1C(=O)C(=O)N(CC(=O)Nc2c(C)nn(CC)c2C(=O)OC)C1=O. The molecule has 0 saturated carbocycles. The lowest BCUT2D eigenvalue weighted by molar-refractivity contribution is -0.143. The van der Waals surface area contributed by atoms with Crippen molar-refractivity contribution in [3.63, 3.8) is 0 Å². The fraction of sp³-hybridized carbons (Fsp3) is 0.375. The normalized spacial score (nSPS) is 14.0. The molecular weight excluding hydrogens is 358 g/mol. The molecule has 1 fully saturated rings. The van der Waals surface area contributed by atoms with Gasteiger partial charge in [-0.25, -0.2) is 14.5 Å². The minimum absolute atomic E-state index is 0.0364. The zero-order chi connectivity index (χ0) is 20.3. The number of hydrogen-bond donors (Lipinski definition) is 1. The number of methoxy groups -OCH3 is 1. The molecule has 1 aromatic heterocycles. The molecule has 2 rings (SSSR count). The van der Waals surface area contributed by atoms with E-state index in [0.717, 1.165) is 0 Å². The van der Waals surface area contributed by atoms with Gasteiger partial charge in [0.2, 0.25) is 5.91 Å². The lowest BCUT2D eigenvalue weighted by atomic mass is 10.3. The Kier molecular flexibility index (Phi) is 5.73. The number of rotatable bonds is 7. The van der Waals surface area contributed by atoms with Gasteiger partial charge in [0.1, 0.15) is 6.54 Å². The molecule has 0 unspecified atom stereocenters. The van der Waals surface area contributed by atoms with Gasteiger partial charge in [0, 0.05) is 13.1 Å². The van der Waals surface area contributed by atoms with E-state index in [1.54, 1.807) is 13.8 Å². The number of carbonyl (C=O) groups excluding carboxylic acids is 5. The van der Waals surface area contributed by atoms with E-state index in [-0.39, 0.29) is 17.9 Å². The predicted molar refractivity (Wildman–Crippen MR) is 91.6 cm³/mol. The fourth-order valence-electron chi connectivity index (χ4n) is 2.57. The van der Waals surface area contributed by atoms with Gasteiger partial charge < -0.3 is 10.1 Å². The molecule has 0 aromatic carbocycles. The molecule has 144 valence electrons. The summed E-state index contributed by atoms with van der Waals surface area (Å²) in [5.41, 5.74) is 0.505. The maximum absolute atomic E-state index is 12.3. The maximum Gasteiger partial charge on any atom is 0.358 e. The molecule has 1 aliphatic heterocycles. The van der Waals surface area contributed by atoms with Crippen LogP contribution >= 0.6 is 0 Å². The molecule has 11 heteroatoms. The number of hydrogen-bond acceptors (Lipinski definition) is 7. The number of aryl methyl sites for hydroxylation is 2. The Balaban J connectivity index is 2.22. The van der Waals surface area contributed by atoms with Crippen LogP contribution < -0.4 is 5.32 Å². The van der Waals surface area contributed by atoms with E-state index in [1.807, 2.05) is 0 Å². The zero-order valence-corrected chi connectivity index (χ0v) is 15.1. The summed E-state index contributed by atoms with van der Waals surface area (Å²) in [4.78, 5) is 61.4. The first-order valence-electron chi connectivity index (χ1n) is 8.00. The van der Waals surface area contributed by atoms with Gasteiger partial charge in [-0.05, 0) is 13.8 Å². The van der Waals surface area contributed by atoms with Gasteiger partial charge in [-0.2, -0.15) is 5.10 Å². The van der Waals surface area contributed by atoms with Crippen LogP contribution in [0.4, 0.5) is 10.5 Å². The van der Waals surface area contributed by atoms with Crippen LogP contribution in [0.3, 0.4) is 0 Å². The molecule has 2 heterocycles. The van der Waals surface area contributed by atoms with E-state index < -0.39 is 36.3 Å². The standard InChI is InChI=1S/C16H19N5O6/c1-5-7-19-13(23)14(24)20(16(19)26)8-10(22)17-11-9(3)18-21(6-2)12(11)15(25)27-4/h5H,1,6-8H2,2-4H3,(H,17,22). The van der Waals surface area contributed by atoms with E-state index in [4.69, 9.17) is 4.74 Å². The lowest BCUT2D eigenvalue weighted by Crippen LogP contribution is -2.39. The highest BCUT2D eigenvalue weighted by atomic mass is 16.5. The van der Waals surface area contributed by atoms with Crippen molar-refractivity contribution in [3.8, 4) is 0 Å². The van der Waals surface area contributed by atoms with Gasteiger partial charge in [-0.3, -0.25) is 24.0 Å². The average molecular weight is 377 g/mol. The smallest absolute Gasteiger partial charge is 0.358 e. The minimum Gasteiger partial charge on any atom is -0.464 e. The Morgan fingerprint density at radius 2 is 1.85 bits per heavy atom. The van der Waals surface area contributed by atoms with Gasteiger partial charge in [0.15, 0.2) is 5.69 Å². The van der Waals surface area contributed by atoms with Crippen LogP contribution in [0.5, 0.6) is 0 Å². The van der Waals surface area contributed by atoms with Crippen molar-refractivity contribution in [2.45, 2.75) is 20.4 Å². The minimum atomic E-state index is -1.11. The van der Waals surface area contributed by atoms with Gasteiger partial charge in [-0.1, -0.05) is 6.08 Å². The monoisotopic (exact) mass is 377 g/mol. The number of nitrogens with one attached hydrogen (secondary N) is 1. The highest BCUT2D eigenvalue weighted by Crippen LogP contribution is 2.22. The van der Waals surface area contributed by atoms with E-state index in [0.29, 0.717) is 22.0 Å². The first-order valence-corrected chi connectivity index (χ1v) is 8.00. The molecule has 1 N–H and O–H groups in total. The van der Waals surface area contributed by atoms with Crippen LogP contribution in [0, 0.1) is 6.92 Å². The number of esters is 1. The fourth-order valence-corrected chi connectivity index (χ4v) is 2.57. The predicted octanol–water partition coefficient (Wildman–Crippen LogP) is -0.0867. The number of aromatic nitrogens is 2. The third-order valence-corrected chi connectivity index (χ3v) is 3.82. The summed E-state index contributed by atoms with van der Waals surface area (Å²) >= 11 is 0. The van der Waals surface area contributed by atoms with Crippen LogP contribution in [-0.2, 0) is 25.7 Å². The van der Waals surface area contributed by atoms with Crippen LogP contribution in [0.1, 0.15) is 23.1 Å². The molecular formula is C16H19N5O6. The lowest BCUT2D eigenvalue weighted by Gasteiger charge is -2.14. The average Bonchev–Trinajstić information content (AvgIpc) is 3.06. The van der Waals surface area contributed by atoms with Crippen molar-refractivity contribution >= 4 is 35.4 Å². The Hall–Kier alpha value is -3.50. The number of imide groups is 2. The summed E-state index contributed by atoms with van der Waals surface area (Å²) < 4.78 is 6.07. The van der Waals surface area contributed by atoms with Crippen molar-refractivity contribution in [1.29, 1.82) is 0 Å². The second-order valence-corrected chi connectivity index (χ2v) is 5.54. The third kappa shape index (κ3) is 3.57. The third-order valence-electron chi connectivity index (χ3n) is 3.82. The maximum atomic E-state index is 12.3. The van der Waals surface area contributed by atoms with Crippen molar-refractivity contribution in [1.82, 2.24) is 19.6 Å². The van der Waals surface area contributed by atoms with Crippen molar-refractivity contribution in [2.24, 2.45) is 0 Å². The van der Waals surface area contributed by atoms with Crippen LogP contribution in [0.25, 0.3) is 0 Å². The van der Waals surface area contributed by atoms with Gasteiger partial charge in [0.25, 0.3) is 0 Å². The van der Waals surface area contributed by atoms with Crippen molar-refractivity contribution < 1.29 is 28.7 Å². The molecule has 0 radical (unpaired) electrons. The van der Waals surface area contributed by atoms with Crippen LogP contribution in [0.15, 0.2) is 12.7 Å². The summed E-state index contributed by atoms with van der Waals surface area (Å²) in [6.45, 7) is 6.27. The summed E-state index contributed by atoms with van der Waals surface area (Å²) in [6.07, 6.45) is 1.29. The van der Waals surface area contributed by atoms with Crippen LogP contribution in [0.2, 0.25) is 0 Å².